The Bertz CT molecular complexity index is 833. The Balaban J connectivity index is 1.45. The number of hydrogen-bond donors (Lipinski definition) is 2. The second kappa shape index (κ2) is 7.02. The zero-order valence-electron chi connectivity index (χ0n) is 15.1. The van der Waals surface area contributed by atoms with Gasteiger partial charge in [0, 0.05) is 43.4 Å². The molecule has 0 unspecified atom stereocenters. The van der Waals surface area contributed by atoms with Gasteiger partial charge in [-0.2, -0.15) is 5.10 Å². The van der Waals surface area contributed by atoms with Crippen LogP contribution in [0.4, 0.5) is 0 Å². The fraction of sp³-hybridized carbons (Fsp3) is 0.450. The molecule has 132 valence electrons. The Kier molecular flexibility index (Phi) is 4.59. The van der Waals surface area contributed by atoms with E-state index in [2.05, 4.69) is 64.7 Å². The number of nitrogens with one attached hydrogen (secondary N) is 2. The lowest BCUT2D eigenvalue weighted by Gasteiger charge is -2.39. The van der Waals surface area contributed by atoms with Gasteiger partial charge in [-0.15, -0.1) is 0 Å². The van der Waals surface area contributed by atoms with E-state index in [-0.39, 0.29) is 0 Å². The third kappa shape index (κ3) is 3.22. The van der Waals surface area contributed by atoms with E-state index in [1.54, 1.807) is 0 Å². The Morgan fingerprint density at radius 2 is 2.16 bits per heavy atom. The molecule has 2 N–H and O–H groups in total. The van der Waals surface area contributed by atoms with Crippen molar-refractivity contribution in [1.82, 2.24) is 25.0 Å². The first-order chi connectivity index (χ1) is 12.2. The highest BCUT2D eigenvalue weighted by Crippen LogP contribution is 2.34. The summed E-state index contributed by atoms with van der Waals surface area (Å²) in [4.78, 5) is 5.78. The van der Waals surface area contributed by atoms with Crippen LogP contribution in [0.15, 0.2) is 42.7 Å². The average Bonchev–Trinajstić information content (AvgIpc) is 3.24. The number of hydrogen-bond acceptors (Lipinski definition) is 3. The number of aryl methyl sites for hydroxylation is 1. The number of nitrogens with zero attached hydrogens (tertiary/aromatic N) is 3. The minimum Gasteiger partial charge on any atom is -0.361 e. The maximum Gasteiger partial charge on any atom is 0.0555 e. The minimum absolute atomic E-state index is 0.441. The van der Waals surface area contributed by atoms with Crippen molar-refractivity contribution >= 4 is 10.9 Å². The van der Waals surface area contributed by atoms with E-state index in [1.165, 1.54) is 35.0 Å². The molecule has 0 bridgehead atoms. The summed E-state index contributed by atoms with van der Waals surface area (Å²) in [5, 5.41) is 9.42. The van der Waals surface area contributed by atoms with Crippen LogP contribution in [0.25, 0.3) is 10.9 Å². The summed E-state index contributed by atoms with van der Waals surface area (Å²) in [6.45, 7) is 3.10. The number of likely N-dealkylation sites (tertiary alicyclic amines) is 1. The fourth-order valence-electron chi connectivity index (χ4n) is 4.31. The average molecular weight is 337 g/mol. The monoisotopic (exact) mass is 337 g/mol. The number of H-pyrrole nitrogens is 1. The molecule has 5 heteroatoms. The third-order valence-corrected chi connectivity index (χ3v) is 5.58. The van der Waals surface area contributed by atoms with Gasteiger partial charge in [0.05, 0.1) is 11.7 Å². The molecule has 1 aliphatic heterocycles. The molecule has 0 aliphatic carbocycles. The van der Waals surface area contributed by atoms with Gasteiger partial charge in [-0.25, -0.2) is 0 Å². The van der Waals surface area contributed by atoms with Gasteiger partial charge < -0.3 is 10.3 Å². The molecular weight excluding hydrogens is 310 g/mol. The zero-order valence-corrected chi connectivity index (χ0v) is 15.1. The normalized spacial score (nSPS) is 21.8. The maximum atomic E-state index is 4.38. The first kappa shape index (κ1) is 16.4. The molecule has 25 heavy (non-hydrogen) atoms. The van der Waals surface area contributed by atoms with Crippen LogP contribution in [0.3, 0.4) is 0 Å². The number of fused-ring (bicyclic) bond motifs is 1. The molecule has 3 heterocycles. The van der Waals surface area contributed by atoms with E-state index < -0.39 is 0 Å². The van der Waals surface area contributed by atoms with E-state index in [4.69, 9.17) is 0 Å². The Morgan fingerprint density at radius 1 is 1.24 bits per heavy atom. The molecule has 1 fully saturated rings. The largest absolute Gasteiger partial charge is 0.361 e. The summed E-state index contributed by atoms with van der Waals surface area (Å²) in [6.07, 6.45) is 6.46. The first-order valence-corrected chi connectivity index (χ1v) is 9.18. The summed E-state index contributed by atoms with van der Waals surface area (Å²) in [5.41, 5.74) is 3.89. The molecular formula is C20H27N5. The molecule has 0 spiro atoms. The van der Waals surface area contributed by atoms with Gasteiger partial charge >= 0.3 is 0 Å². The van der Waals surface area contributed by atoms with Crippen LogP contribution in [0.1, 0.15) is 30.1 Å². The van der Waals surface area contributed by atoms with E-state index in [0.29, 0.717) is 12.0 Å². The van der Waals surface area contributed by atoms with Crippen molar-refractivity contribution in [2.45, 2.75) is 25.4 Å². The summed E-state index contributed by atoms with van der Waals surface area (Å²) in [5.74, 6) is 0.611. The van der Waals surface area contributed by atoms with Gasteiger partial charge in [-0.1, -0.05) is 12.1 Å². The van der Waals surface area contributed by atoms with Gasteiger partial charge in [-0.3, -0.25) is 9.58 Å². The third-order valence-electron chi connectivity index (χ3n) is 5.58. The Morgan fingerprint density at radius 3 is 3.00 bits per heavy atom. The lowest BCUT2D eigenvalue weighted by molar-refractivity contribution is 0.113. The van der Waals surface area contributed by atoms with Crippen LogP contribution in [0.5, 0.6) is 0 Å². The molecule has 1 aromatic carbocycles. The van der Waals surface area contributed by atoms with Crippen LogP contribution < -0.4 is 5.32 Å². The lowest BCUT2D eigenvalue weighted by Crippen LogP contribution is -2.41. The quantitative estimate of drug-likeness (QED) is 0.752. The fourth-order valence-corrected chi connectivity index (χ4v) is 4.31. The van der Waals surface area contributed by atoms with Gasteiger partial charge in [0.2, 0.25) is 0 Å². The van der Waals surface area contributed by atoms with E-state index in [1.807, 2.05) is 17.1 Å². The van der Waals surface area contributed by atoms with Gasteiger partial charge in [0.25, 0.3) is 0 Å². The number of rotatable bonds is 5. The van der Waals surface area contributed by atoms with Gasteiger partial charge in [0.1, 0.15) is 0 Å². The van der Waals surface area contributed by atoms with Crippen molar-refractivity contribution in [1.29, 1.82) is 0 Å². The van der Waals surface area contributed by atoms with Crippen molar-refractivity contribution in [3.8, 4) is 0 Å². The Hall–Kier alpha value is -2.11. The molecule has 2 atom stereocenters. The molecule has 3 aromatic rings. The van der Waals surface area contributed by atoms with Crippen molar-refractivity contribution in [2.24, 2.45) is 13.0 Å². The molecule has 2 aromatic heterocycles. The summed E-state index contributed by atoms with van der Waals surface area (Å²) < 4.78 is 2.03. The van der Waals surface area contributed by atoms with E-state index in [0.717, 1.165) is 19.6 Å². The predicted octanol–water partition coefficient (Wildman–Crippen LogP) is 3.07. The van der Waals surface area contributed by atoms with Crippen molar-refractivity contribution < 1.29 is 0 Å². The van der Waals surface area contributed by atoms with Crippen LogP contribution in [-0.4, -0.2) is 39.8 Å². The summed E-state index contributed by atoms with van der Waals surface area (Å²) in [6, 6.07) is 11.3. The SMILES string of the molecule is CN1CCC[C@@H](CNCc2cccc3[nH]ccc23)[C@@H]1c1ccnn1C. The predicted molar refractivity (Wildman–Crippen MR) is 101 cm³/mol. The molecule has 0 saturated carbocycles. The summed E-state index contributed by atoms with van der Waals surface area (Å²) in [7, 11) is 4.29. The van der Waals surface area contributed by atoms with Crippen LogP contribution in [0, 0.1) is 5.92 Å². The lowest BCUT2D eigenvalue weighted by atomic mass is 9.87. The Labute approximate surface area is 149 Å². The topological polar surface area (TPSA) is 48.9 Å². The summed E-state index contributed by atoms with van der Waals surface area (Å²) >= 11 is 0. The molecule has 4 rings (SSSR count). The number of aromatic nitrogens is 3. The van der Waals surface area contributed by atoms with Gasteiger partial charge in [0.15, 0.2) is 0 Å². The first-order valence-electron chi connectivity index (χ1n) is 9.18. The van der Waals surface area contributed by atoms with Crippen molar-refractivity contribution in [3.05, 3.63) is 54.0 Å². The van der Waals surface area contributed by atoms with Crippen LogP contribution >= 0.6 is 0 Å². The molecule has 1 aliphatic rings. The van der Waals surface area contributed by atoms with Crippen LogP contribution in [-0.2, 0) is 13.6 Å². The highest BCUT2D eigenvalue weighted by Gasteiger charge is 2.31. The van der Waals surface area contributed by atoms with Gasteiger partial charge in [-0.05, 0) is 56.1 Å². The second-order valence-electron chi connectivity index (χ2n) is 7.19. The molecule has 1 saturated heterocycles. The molecule has 5 nitrogen and oxygen atoms in total. The van der Waals surface area contributed by atoms with Crippen LogP contribution in [0.2, 0.25) is 0 Å². The van der Waals surface area contributed by atoms with E-state index in [9.17, 15) is 0 Å². The number of aromatic amines is 1. The minimum atomic E-state index is 0.441. The highest BCUT2D eigenvalue weighted by molar-refractivity contribution is 5.82. The number of benzene rings is 1. The zero-order chi connectivity index (χ0) is 17.2. The van der Waals surface area contributed by atoms with Crippen molar-refractivity contribution in [2.75, 3.05) is 20.1 Å². The number of piperidine rings is 1. The molecule has 0 radical (unpaired) electrons. The van der Waals surface area contributed by atoms with Crippen molar-refractivity contribution in [3.63, 3.8) is 0 Å². The maximum absolute atomic E-state index is 4.38. The molecule has 0 amide bonds. The smallest absolute Gasteiger partial charge is 0.0555 e. The van der Waals surface area contributed by atoms with E-state index >= 15 is 0 Å². The highest BCUT2D eigenvalue weighted by atomic mass is 15.3. The second-order valence-corrected chi connectivity index (χ2v) is 7.19. The standard InChI is InChI=1S/C20H27N5/c1-24-12-4-6-16(20(24)19-9-11-23-25(19)2)14-21-13-15-5-3-7-18-17(15)8-10-22-18/h3,5,7-11,16,20-22H,4,6,12-14H2,1-2H3/t16-,20+/m0/s1.